The molecule has 1 N–H and O–H groups in total. The molecule has 0 radical (unpaired) electrons. The fraction of sp³-hybridized carbons (Fsp3) is 0.105. The molecule has 4 aromatic rings. The Bertz CT molecular complexity index is 1030. The Hall–Kier alpha value is -2.82. The highest BCUT2D eigenvalue weighted by Gasteiger charge is 2.44. The second kappa shape index (κ2) is 5.37. The predicted molar refractivity (Wildman–Crippen MR) is 86.5 cm³/mol. The van der Waals surface area contributed by atoms with Crippen LogP contribution in [0.5, 0.6) is 0 Å². The second-order valence-corrected chi connectivity index (χ2v) is 5.71. The average molecular weight is 327 g/mol. The minimum Gasteiger partial charge on any atom is -0.233 e. The first-order valence-corrected chi connectivity index (χ1v) is 7.58. The lowest BCUT2D eigenvalue weighted by atomic mass is 10.0. The van der Waals surface area contributed by atoms with Gasteiger partial charge in [-0.1, -0.05) is 54.6 Å². The summed E-state index contributed by atoms with van der Waals surface area (Å²) in [5.41, 5.74) is 1.87. The number of aromatic amines is 1. The number of hydrogen-bond donors (Lipinski definition) is 1. The Morgan fingerprint density at radius 2 is 1.54 bits per heavy atom. The number of hydrogen-bond acceptors (Lipinski definition) is 0. The van der Waals surface area contributed by atoms with Crippen LogP contribution in [0.3, 0.4) is 0 Å². The topological polar surface area (TPSA) is 19.7 Å². The van der Waals surface area contributed by atoms with Crippen LogP contribution in [-0.2, 0) is 12.7 Å². The van der Waals surface area contributed by atoms with E-state index in [4.69, 9.17) is 0 Å². The van der Waals surface area contributed by atoms with E-state index in [9.17, 15) is 13.2 Å². The standard InChI is InChI=1S/C19H13F3N2/c20-19(21,22)18-23-16-10-3-4-11-17(16)24(18)12-14-8-5-7-13-6-1-2-9-15(13)14/h1-11H,12H2/p+1. The van der Waals surface area contributed by atoms with Crippen molar-refractivity contribution in [1.29, 1.82) is 0 Å². The fourth-order valence-electron chi connectivity index (χ4n) is 3.12. The van der Waals surface area contributed by atoms with Gasteiger partial charge in [-0.05, 0) is 22.9 Å². The number of para-hydroxylation sites is 2. The Balaban J connectivity index is 1.93. The third-order valence-corrected chi connectivity index (χ3v) is 4.19. The molecule has 1 aromatic heterocycles. The van der Waals surface area contributed by atoms with E-state index in [2.05, 4.69) is 4.98 Å². The van der Waals surface area contributed by atoms with Gasteiger partial charge in [0.05, 0.1) is 0 Å². The fourth-order valence-corrected chi connectivity index (χ4v) is 3.12. The van der Waals surface area contributed by atoms with Crippen LogP contribution in [0, 0.1) is 0 Å². The maximum Gasteiger partial charge on any atom is 0.494 e. The van der Waals surface area contributed by atoms with Gasteiger partial charge in [-0.3, -0.25) is 0 Å². The number of H-pyrrole nitrogens is 1. The molecule has 0 saturated heterocycles. The number of imidazole rings is 1. The Morgan fingerprint density at radius 3 is 2.38 bits per heavy atom. The molecule has 1 heterocycles. The molecule has 3 aromatic carbocycles. The van der Waals surface area contributed by atoms with Crippen LogP contribution in [0.25, 0.3) is 21.8 Å². The third-order valence-electron chi connectivity index (χ3n) is 4.19. The normalized spacial score (nSPS) is 12.1. The van der Waals surface area contributed by atoms with Crippen molar-refractivity contribution in [2.45, 2.75) is 12.7 Å². The second-order valence-electron chi connectivity index (χ2n) is 5.71. The minimum atomic E-state index is -4.44. The van der Waals surface area contributed by atoms with Crippen LogP contribution in [0.2, 0.25) is 0 Å². The maximum absolute atomic E-state index is 13.5. The summed E-state index contributed by atoms with van der Waals surface area (Å²) in [6.07, 6.45) is -4.44. The average Bonchev–Trinajstić information content (AvgIpc) is 2.94. The largest absolute Gasteiger partial charge is 0.494 e. The zero-order valence-electron chi connectivity index (χ0n) is 12.6. The number of fused-ring (bicyclic) bond motifs is 2. The van der Waals surface area contributed by atoms with E-state index in [1.54, 1.807) is 24.3 Å². The molecule has 0 bridgehead atoms. The van der Waals surface area contributed by atoms with Crippen molar-refractivity contribution in [3.8, 4) is 0 Å². The third kappa shape index (κ3) is 2.42. The molecular weight excluding hydrogens is 313 g/mol. The van der Waals surface area contributed by atoms with Crippen LogP contribution >= 0.6 is 0 Å². The number of rotatable bonds is 2. The van der Waals surface area contributed by atoms with Gasteiger partial charge in [-0.2, -0.15) is 13.2 Å². The summed E-state index contributed by atoms with van der Waals surface area (Å²) in [6, 6.07) is 20.3. The van der Waals surface area contributed by atoms with Gasteiger partial charge in [0.1, 0.15) is 6.54 Å². The lowest BCUT2D eigenvalue weighted by Crippen LogP contribution is -2.41. The molecule has 0 amide bonds. The molecule has 2 nitrogen and oxygen atoms in total. The summed E-state index contributed by atoms with van der Waals surface area (Å²) in [5.74, 6) is -0.739. The van der Waals surface area contributed by atoms with Crippen molar-refractivity contribution in [1.82, 2.24) is 4.98 Å². The van der Waals surface area contributed by atoms with Crippen molar-refractivity contribution < 1.29 is 17.7 Å². The van der Waals surface area contributed by atoms with E-state index < -0.39 is 12.0 Å². The quantitative estimate of drug-likeness (QED) is 0.516. The predicted octanol–water partition coefficient (Wildman–Crippen LogP) is 4.68. The zero-order valence-corrected chi connectivity index (χ0v) is 12.6. The van der Waals surface area contributed by atoms with Gasteiger partial charge in [-0.25, -0.2) is 9.55 Å². The van der Waals surface area contributed by atoms with E-state index in [-0.39, 0.29) is 6.54 Å². The monoisotopic (exact) mass is 327 g/mol. The number of halogens is 3. The van der Waals surface area contributed by atoms with Crippen molar-refractivity contribution in [2.24, 2.45) is 0 Å². The summed E-state index contributed by atoms with van der Waals surface area (Å²) in [5, 5.41) is 1.98. The van der Waals surface area contributed by atoms with Gasteiger partial charge in [0, 0.05) is 5.56 Å². The first kappa shape index (κ1) is 14.8. The van der Waals surface area contributed by atoms with Gasteiger partial charge >= 0.3 is 12.0 Å². The van der Waals surface area contributed by atoms with E-state index in [0.29, 0.717) is 11.0 Å². The van der Waals surface area contributed by atoms with Crippen LogP contribution in [0.1, 0.15) is 11.4 Å². The SMILES string of the molecule is FC(F)(F)c1[nH]c2ccccc2[n+]1Cc1cccc2ccccc12. The van der Waals surface area contributed by atoms with Crippen molar-refractivity contribution >= 4 is 21.8 Å². The van der Waals surface area contributed by atoms with Crippen LogP contribution < -0.4 is 4.57 Å². The van der Waals surface area contributed by atoms with Gasteiger partial charge in [0.15, 0.2) is 11.0 Å². The van der Waals surface area contributed by atoms with Crippen LogP contribution in [0.15, 0.2) is 66.7 Å². The van der Waals surface area contributed by atoms with Crippen molar-refractivity contribution in [3.05, 3.63) is 78.1 Å². The van der Waals surface area contributed by atoms with Gasteiger partial charge in [0.25, 0.3) is 0 Å². The van der Waals surface area contributed by atoms with Crippen molar-refractivity contribution in [2.75, 3.05) is 0 Å². The molecule has 0 fully saturated rings. The molecule has 0 aliphatic rings. The Morgan fingerprint density at radius 1 is 0.833 bits per heavy atom. The number of nitrogens with zero attached hydrogens (tertiary/aromatic N) is 1. The lowest BCUT2D eigenvalue weighted by molar-refractivity contribution is -0.682. The molecule has 0 saturated carbocycles. The smallest absolute Gasteiger partial charge is 0.233 e. The molecule has 5 heteroatoms. The summed E-state index contributed by atoms with van der Waals surface area (Å²) in [7, 11) is 0. The summed E-state index contributed by atoms with van der Waals surface area (Å²) in [6.45, 7) is 0.153. The molecule has 4 rings (SSSR count). The highest BCUT2D eigenvalue weighted by Crippen LogP contribution is 2.28. The summed E-state index contributed by atoms with van der Waals surface area (Å²) >= 11 is 0. The van der Waals surface area contributed by atoms with Gasteiger partial charge in [-0.15, -0.1) is 0 Å². The molecule has 0 aliphatic carbocycles. The molecule has 0 atom stereocenters. The van der Waals surface area contributed by atoms with Gasteiger partial charge < -0.3 is 0 Å². The first-order valence-electron chi connectivity index (χ1n) is 7.58. The zero-order chi connectivity index (χ0) is 16.7. The van der Waals surface area contributed by atoms with E-state index in [1.807, 2.05) is 42.5 Å². The number of aromatic nitrogens is 2. The molecule has 0 aliphatic heterocycles. The Labute approximate surface area is 136 Å². The Kier molecular flexibility index (Phi) is 3.30. The van der Waals surface area contributed by atoms with Crippen LogP contribution in [0.4, 0.5) is 13.2 Å². The molecule has 120 valence electrons. The highest BCUT2D eigenvalue weighted by molar-refractivity contribution is 5.85. The number of alkyl halides is 3. The van der Waals surface area contributed by atoms with Crippen LogP contribution in [-0.4, -0.2) is 4.98 Å². The molecule has 0 spiro atoms. The van der Waals surface area contributed by atoms with E-state index in [0.717, 1.165) is 16.3 Å². The molecule has 0 unspecified atom stereocenters. The van der Waals surface area contributed by atoms with Gasteiger partial charge in [0.2, 0.25) is 0 Å². The lowest BCUT2D eigenvalue weighted by Gasteiger charge is -2.08. The first-order chi connectivity index (χ1) is 11.5. The number of benzene rings is 3. The molecule has 24 heavy (non-hydrogen) atoms. The van der Waals surface area contributed by atoms with Crippen molar-refractivity contribution in [3.63, 3.8) is 0 Å². The summed E-state index contributed by atoms with van der Waals surface area (Å²) < 4.78 is 41.7. The minimum absolute atomic E-state index is 0.153. The summed E-state index contributed by atoms with van der Waals surface area (Å²) in [4.78, 5) is 2.51. The molecular formula is C19H14F3N2+. The maximum atomic E-state index is 13.5. The van der Waals surface area contributed by atoms with E-state index >= 15 is 0 Å². The number of nitrogens with one attached hydrogen (secondary N) is 1. The highest BCUT2D eigenvalue weighted by atomic mass is 19.4. The van der Waals surface area contributed by atoms with E-state index in [1.165, 1.54) is 4.57 Å².